The largest absolute Gasteiger partial charge is 0.322 e. The van der Waals surface area contributed by atoms with E-state index in [9.17, 15) is 24.5 Å². The molecule has 0 bridgehead atoms. The van der Waals surface area contributed by atoms with Gasteiger partial charge in [0.15, 0.2) is 0 Å². The van der Waals surface area contributed by atoms with Gasteiger partial charge in [0.05, 0.1) is 21.7 Å². The van der Waals surface area contributed by atoms with Crippen molar-refractivity contribution in [1.82, 2.24) is 0 Å². The van der Waals surface area contributed by atoms with Crippen molar-refractivity contribution in [3.63, 3.8) is 0 Å². The summed E-state index contributed by atoms with van der Waals surface area (Å²) in [6.07, 6.45) is 0. The van der Waals surface area contributed by atoms with Gasteiger partial charge in [-0.3, -0.25) is 24.5 Å². The molecule has 30 heavy (non-hydrogen) atoms. The van der Waals surface area contributed by atoms with Crippen LogP contribution in [0.15, 0.2) is 66.7 Å². The van der Waals surface area contributed by atoms with Crippen LogP contribution in [-0.4, -0.2) is 22.6 Å². The van der Waals surface area contributed by atoms with Crippen LogP contribution in [0.1, 0.15) is 36.6 Å². The number of anilines is 2. The van der Waals surface area contributed by atoms with Crippen LogP contribution in [0.3, 0.4) is 0 Å². The summed E-state index contributed by atoms with van der Waals surface area (Å²) in [5, 5.41) is 13.8. The van der Waals surface area contributed by atoms with E-state index in [4.69, 9.17) is 0 Å². The quantitative estimate of drug-likeness (QED) is 0.404. The molecule has 0 aromatic heterocycles. The molecule has 0 aliphatic carbocycles. The molecular formula is C22H15N3O5. The third kappa shape index (κ3) is 3.20. The SMILES string of the molecule is Cc1ccccc1NC(=O)c1cccc(N2C(=O)c3ccc([N+](=O)[O-])cc3C2=O)c1. The second-order valence-electron chi connectivity index (χ2n) is 6.75. The summed E-state index contributed by atoms with van der Waals surface area (Å²) in [5.74, 6) is -1.66. The highest BCUT2D eigenvalue weighted by molar-refractivity contribution is 6.34. The number of nitrogens with zero attached hydrogens (tertiary/aromatic N) is 2. The van der Waals surface area contributed by atoms with Gasteiger partial charge in [0, 0.05) is 23.4 Å². The molecule has 3 aromatic carbocycles. The number of nitro groups is 1. The first-order valence-electron chi connectivity index (χ1n) is 9.01. The van der Waals surface area contributed by atoms with E-state index in [1.807, 2.05) is 19.1 Å². The summed E-state index contributed by atoms with van der Waals surface area (Å²) in [4.78, 5) is 49.5. The van der Waals surface area contributed by atoms with Crippen molar-refractivity contribution in [1.29, 1.82) is 0 Å². The maximum Gasteiger partial charge on any atom is 0.270 e. The molecule has 0 unspecified atom stereocenters. The zero-order chi connectivity index (χ0) is 21.4. The van der Waals surface area contributed by atoms with Crippen molar-refractivity contribution in [3.8, 4) is 0 Å². The molecular weight excluding hydrogens is 386 g/mol. The van der Waals surface area contributed by atoms with Gasteiger partial charge in [0.2, 0.25) is 0 Å². The van der Waals surface area contributed by atoms with Crippen LogP contribution >= 0.6 is 0 Å². The van der Waals surface area contributed by atoms with Gasteiger partial charge in [0.25, 0.3) is 23.4 Å². The topological polar surface area (TPSA) is 110 Å². The van der Waals surface area contributed by atoms with Gasteiger partial charge < -0.3 is 5.32 Å². The minimum atomic E-state index is -0.671. The van der Waals surface area contributed by atoms with Gasteiger partial charge in [-0.05, 0) is 42.8 Å². The standard InChI is InChI=1S/C22H15N3O5/c1-13-5-2-3-8-19(13)23-20(26)14-6-4-7-15(11-14)24-21(27)17-10-9-16(25(29)30)12-18(17)22(24)28/h2-12H,1H3,(H,23,26). The average molecular weight is 401 g/mol. The number of hydrogen-bond donors (Lipinski definition) is 1. The molecule has 4 rings (SSSR count). The maximum atomic E-state index is 12.8. The van der Waals surface area contributed by atoms with Crippen LogP contribution in [0.5, 0.6) is 0 Å². The molecule has 1 N–H and O–H groups in total. The Hall–Kier alpha value is -4.33. The van der Waals surface area contributed by atoms with Crippen LogP contribution in [0.2, 0.25) is 0 Å². The molecule has 1 heterocycles. The number of carbonyl (C=O) groups excluding carboxylic acids is 3. The van der Waals surface area contributed by atoms with Crippen molar-refractivity contribution in [3.05, 3.63) is 99.1 Å². The fourth-order valence-corrected chi connectivity index (χ4v) is 3.27. The molecule has 3 amide bonds. The number of hydrogen-bond acceptors (Lipinski definition) is 5. The Bertz CT molecular complexity index is 1230. The number of benzene rings is 3. The number of non-ortho nitro benzene ring substituents is 1. The van der Waals surface area contributed by atoms with Gasteiger partial charge >= 0.3 is 0 Å². The lowest BCUT2D eigenvalue weighted by Crippen LogP contribution is -2.29. The molecule has 0 spiro atoms. The summed E-state index contributed by atoms with van der Waals surface area (Å²) in [7, 11) is 0. The first kappa shape index (κ1) is 19.0. The second-order valence-corrected chi connectivity index (χ2v) is 6.75. The van der Waals surface area contributed by atoms with Gasteiger partial charge in [-0.15, -0.1) is 0 Å². The predicted octanol–water partition coefficient (Wildman–Crippen LogP) is 3.96. The van der Waals surface area contributed by atoms with Crippen LogP contribution in [0.25, 0.3) is 0 Å². The van der Waals surface area contributed by atoms with Crippen LogP contribution in [-0.2, 0) is 0 Å². The van der Waals surface area contributed by atoms with Crippen molar-refractivity contribution < 1.29 is 19.3 Å². The average Bonchev–Trinajstić information content (AvgIpc) is 2.99. The highest BCUT2D eigenvalue weighted by Gasteiger charge is 2.38. The molecule has 0 saturated heterocycles. The van der Waals surface area contributed by atoms with E-state index >= 15 is 0 Å². The predicted molar refractivity (Wildman–Crippen MR) is 110 cm³/mol. The summed E-state index contributed by atoms with van der Waals surface area (Å²) in [6.45, 7) is 1.87. The van der Waals surface area contributed by atoms with Crippen molar-refractivity contribution in [2.75, 3.05) is 10.2 Å². The zero-order valence-electron chi connectivity index (χ0n) is 15.8. The highest BCUT2D eigenvalue weighted by atomic mass is 16.6. The fourth-order valence-electron chi connectivity index (χ4n) is 3.27. The molecule has 0 saturated carbocycles. The molecule has 0 atom stereocenters. The summed E-state index contributed by atoms with van der Waals surface area (Å²) in [5.41, 5.74) is 1.79. The Labute approximate surface area is 170 Å². The van der Waals surface area contributed by atoms with E-state index in [1.54, 1.807) is 24.3 Å². The van der Waals surface area contributed by atoms with Gasteiger partial charge in [-0.2, -0.15) is 0 Å². The molecule has 3 aromatic rings. The highest BCUT2D eigenvalue weighted by Crippen LogP contribution is 2.31. The number of amides is 3. The zero-order valence-corrected chi connectivity index (χ0v) is 15.8. The van der Waals surface area contributed by atoms with Crippen molar-refractivity contribution in [2.24, 2.45) is 0 Å². The molecule has 148 valence electrons. The number of imide groups is 1. The molecule has 0 radical (unpaired) electrons. The van der Waals surface area contributed by atoms with Gasteiger partial charge in [-0.1, -0.05) is 24.3 Å². The Morgan fingerprint density at radius 1 is 0.933 bits per heavy atom. The van der Waals surface area contributed by atoms with E-state index in [0.29, 0.717) is 5.69 Å². The number of para-hydroxylation sites is 1. The lowest BCUT2D eigenvalue weighted by atomic mass is 10.1. The molecule has 1 aliphatic rings. The molecule has 8 heteroatoms. The number of rotatable bonds is 4. The minimum Gasteiger partial charge on any atom is -0.322 e. The smallest absolute Gasteiger partial charge is 0.270 e. The number of nitro benzene ring substituents is 1. The fraction of sp³-hybridized carbons (Fsp3) is 0.0455. The lowest BCUT2D eigenvalue weighted by Gasteiger charge is -2.15. The van der Waals surface area contributed by atoms with Crippen LogP contribution in [0, 0.1) is 17.0 Å². The Morgan fingerprint density at radius 3 is 2.40 bits per heavy atom. The van der Waals surface area contributed by atoms with Crippen LogP contribution in [0.4, 0.5) is 17.1 Å². The first-order valence-corrected chi connectivity index (χ1v) is 9.01. The Balaban J connectivity index is 1.65. The second kappa shape index (κ2) is 7.25. The van der Waals surface area contributed by atoms with E-state index in [-0.39, 0.29) is 28.1 Å². The van der Waals surface area contributed by atoms with E-state index in [1.165, 1.54) is 24.3 Å². The number of carbonyl (C=O) groups is 3. The van der Waals surface area contributed by atoms with E-state index in [2.05, 4.69) is 5.32 Å². The Kier molecular flexibility index (Phi) is 4.59. The van der Waals surface area contributed by atoms with Crippen molar-refractivity contribution in [2.45, 2.75) is 6.92 Å². The van der Waals surface area contributed by atoms with E-state index in [0.717, 1.165) is 16.5 Å². The number of aryl methyl sites for hydroxylation is 1. The maximum absolute atomic E-state index is 12.8. The van der Waals surface area contributed by atoms with Crippen LogP contribution < -0.4 is 10.2 Å². The minimum absolute atomic E-state index is 0.0380. The number of fused-ring (bicyclic) bond motifs is 1. The third-order valence-corrected chi connectivity index (χ3v) is 4.84. The number of nitrogens with one attached hydrogen (secondary N) is 1. The lowest BCUT2D eigenvalue weighted by molar-refractivity contribution is -0.384. The summed E-state index contributed by atoms with van der Waals surface area (Å²) < 4.78 is 0. The van der Waals surface area contributed by atoms with Gasteiger partial charge in [-0.25, -0.2) is 4.90 Å². The molecule has 1 aliphatic heterocycles. The summed E-state index contributed by atoms with van der Waals surface area (Å²) >= 11 is 0. The molecule has 0 fully saturated rings. The van der Waals surface area contributed by atoms with Gasteiger partial charge in [0.1, 0.15) is 0 Å². The van der Waals surface area contributed by atoms with E-state index < -0.39 is 22.6 Å². The third-order valence-electron chi connectivity index (χ3n) is 4.84. The van der Waals surface area contributed by atoms with Crippen molar-refractivity contribution >= 4 is 34.8 Å². The first-order chi connectivity index (χ1) is 14.4. The molecule has 8 nitrogen and oxygen atoms in total. The Morgan fingerprint density at radius 2 is 1.67 bits per heavy atom. The summed E-state index contributed by atoms with van der Waals surface area (Å²) in [6, 6.07) is 16.9. The normalized spacial score (nSPS) is 12.6. The monoisotopic (exact) mass is 401 g/mol.